The number of oxime groups is 1. The summed E-state index contributed by atoms with van der Waals surface area (Å²) in [6, 6.07) is 35.2. The molecule has 0 N–H and O–H groups in total. The number of thioether (sulfide) groups is 1. The van der Waals surface area contributed by atoms with E-state index in [2.05, 4.69) is 163 Å². The van der Waals surface area contributed by atoms with Gasteiger partial charge in [-0.05, 0) is 127 Å². The third-order valence-corrected chi connectivity index (χ3v) is 14.8. The second-order valence-electron chi connectivity index (χ2n) is 23.1. The number of carbonyl (C=O) groups is 4. The summed E-state index contributed by atoms with van der Waals surface area (Å²) in [4.78, 5) is 54.5. The van der Waals surface area contributed by atoms with Crippen LogP contribution < -0.4 is 0 Å². The number of ketones is 2. The Bertz CT molecular complexity index is 3000. The quantitative estimate of drug-likeness (QED) is 0.0744. The van der Waals surface area contributed by atoms with Gasteiger partial charge in [0.15, 0.2) is 0 Å². The summed E-state index contributed by atoms with van der Waals surface area (Å²) in [5.41, 5.74) is 16.1. The molecule has 6 aromatic rings. The topological polar surface area (TPSA) is 142 Å². The maximum atomic E-state index is 11.5. The van der Waals surface area contributed by atoms with Gasteiger partial charge in [0.2, 0.25) is 11.8 Å². The van der Waals surface area contributed by atoms with E-state index in [-0.39, 0.29) is 47.0 Å². The zero-order valence-electron chi connectivity index (χ0n) is 51.6. The number of nitrogens with zero attached hydrogens (tertiary/aromatic N) is 7. The Labute approximate surface area is 484 Å². The molecule has 4 aromatic carbocycles. The van der Waals surface area contributed by atoms with Gasteiger partial charge >= 0.3 is 0 Å². The van der Waals surface area contributed by atoms with Crippen LogP contribution in [-0.4, -0.2) is 82.2 Å². The van der Waals surface area contributed by atoms with E-state index in [0.29, 0.717) is 42.3 Å². The number of likely N-dealkylation sites (tertiary alicyclic amines) is 1. The van der Waals surface area contributed by atoms with Crippen molar-refractivity contribution in [1.82, 2.24) is 29.4 Å². The van der Waals surface area contributed by atoms with Gasteiger partial charge in [0.25, 0.3) is 0 Å². The Balaban J connectivity index is 0.000000224. The third-order valence-electron chi connectivity index (χ3n) is 13.9. The highest BCUT2D eigenvalue weighted by molar-refractivity contribution is 8.00. The fourth-order valence-corrected chi connectivity index (χ4v) is 10.6. The number of carbonyl (C=O) groups excluding carboxylic acids is 4. The van der Waals surface area contributed by atoms with Crippen molar-refractivity contribution in [2.75, 3.05) is 6.26 Å². The average Bonchev–Trinajstić information content (AvgIpc) is 4.10. The number of aryl methyl sites for hydroxylation is 1. The van der Waals surface area contributed by atoms with Crippen LogP contribution in [0.5, 0.6) is 0 Å². The summed E-state index contributed by atoms with van der Waals surface area (Å²) in [6.45, 7) is 34.1. The number of fused-ring (bicyclic) bond motifs is 10. The summed E-state index contributed by atoms with van der Waals surface area (Å²) in [7, 11) is 2.09. The number of Topliss-reactive ketones (excluding diaryl/α,β-unsaturated/α-hetero) is 2. The molecular weight excluding hydrogens is 1010 g/mol. The lowest BCUT2D eigenvalue weighted by Crippen LogP contribution is -2.37. The normalized spacial score (nSPS) is 15.6. The number of rotatable bonds is 10. The average molecular weight is 1110 g/mol. The zero-order chi connectivity index (χ0) is 59.5. The van der Waals surface area contributed by atoms with Crippen LogP contribution in [0.4, 0.5) is 0 Å². The van der Waals surface area contributed by atoms with Crippen LogP contribution in [0, 0.1) is 17.8 Å². The van der Waals surface area contributed by atoms with E-state index >= 15 is 0 Å². The lowest BCUT2D eigenvalue weighted by Gasteiger charge is -2.27. The first-order valence-electron chi connectivity index (χ1n) is 28.7. The van der Waals surface area contributed by atoms with Crippen LogP contribution in [0.3, 0.4) is 0 Å². The minimum absolute atomic E-state index is 0.00199. The van der Waals surface area contributed by atoms with E-state index in [1.807, 2.05) is 88.7 Å². The number of hydrogen-bond donors (Lipinski definition) is 0. The molecule has 2 aliphatic carbocycles. The summed E-state index contributed by atoms with van der Waals surface area (Å²) >= 11 is 1.45. The lowest BCUT2D eigenvalue weighted by atomic mass is 9.77. The summed E-state index contributed by atoms with van der Waals surface area (Å²) < 4.78 is 4.21. The van der Waals surface area contributed by atoms with E-state index in [9.17, 15) is 19.2 Å². The first-order valence-corrected chi connectivity index (χ1v) is 30.0. The van der Waals surface area contributed by atoms with Crippen LogP contribution >= 0.6 is 11.8 Å². The number of imide groups is 1. The number of imidazole rings is 1. The monoisotopic (exact) mass is 1110 g/mol. The highest BCUT2D eigenvalue weighted by Gasteiger charge is 2.39. The second-order valence-corrected chi connectivity index (χ2v) is 24.2. The molecule has 0 saturated carbocycles. The third kappa shape index (κ3) is 18.0. The van der Waals surface area contributed by atoms with Crippen molar-refractivity contribution < 1.29 is 24.0 Å². The molecule has 2 aromatic heterocycles. The summed E-state index contributed by atoms with van der Waals surface area (Å²) in [5.74, 6) is 2.90. The Hall–Kier alpha value is -6.47. The van der Waals surface area contributed by atoms with Gasteiger partial charge in [-0.15, -0.1) is 5.10 Å². The minimum Gasteiger partial charge on any atom is -0.393 e. The molecule has 1 aliphatic heterocycles. The Morgan fingerprint density at radius 1 is 0.688 bits per heavy atom. The molecule has 0 bridgehead atoms. The smallest absolute Gasteiger partial charge is 0.243 e. The second kappa shape index (κ2) is 31.5. The first-order chi connectivity index (χ1) is 37.8. The molecule has 1 fully saturated rings. The Morgan fingerprint density at radius 2 is 1.21 bits per heavy atom. The largest absolute Gasteiger partial charge is 0.393 e. The maximum absolute atomic E-state index is 11.5. The van der Waals surface area contributed by atoms with Gasteiger partial charge in [-0.25, -0.2) is 9.67 Å². The number of benzene rings is 4. The highest BCUT2D eigenvalue weighted by atomic mass is 32.2. The van der Waals surface area contributed by atoms with Gasteiger partial charge in [0.05, 0.1) is 34.4 Å². The van der Waals surface area contributed by atoms with Crippen molar-refractivity contribution in [3.8, 4) is 45.0 Å². The highest BCUT2D eigenvalue weighted by Crippen LogP contribution is 2.44. The molecule has 13 heteroatoms. The molecule has 0 spiro atoms. The predicted molar refractivity (Wildman–Crippen MR) is 333 cm³/mol. The van der Waals surface area contributed by atoms with Crippen molar-refractivity contribution in [2.45, 2.75) is 185 Å². The summed E-state index contributed by atoms with van der Waals surface area (Å²) in [6.07, 6.45) is 7.89. The molecule has 12 nitrogen and oxygen atoms in total. The van der Waals surface area contributed by atoms with E-state index in [1.54, 1.807) is 6.92 Å². The Morgan fingerprint density at radius 3 is 1.64 bits per heavy atom. The van der Waals surface area contributed by atoms with Crippen LogP contribution in [0.1, 0.15) is 177 Å². The van der Waals surface area contributed by atoms with Crippen molar-refractivity contribution in [2.24, 2.45) is 30.0 Å². The van der Waals surface area contributed by atoms with Gasteiger partial charge in [-0.3, -0.25) is 19.3 Å². The summed E-state index contributed by atoms with van der Waals surface area (Å²) in [5, 5.41) is 12.6. The zero-order valence-corrected chi connectivity index (χ0v) is 52.4. The van der Waals surface area contributed by atoms with Crippen LogP contribution in [-0.2, 0) is 43.9 Å². The van der Waals surface area contributed by atoms with Crippen LogP contribution in [0.15, 0.2) is 109 Å². The number of amides is 2. The molecular formula is C67H93N7O5S. The van der Waals surface area contributed by atoms with Gasteiger partial charge in [0.1, 0.15) is 23.4 Å². The van der Waals surface area contributed by atoms with E-state index in [0.717, 1.165) is 42.1 Å². The molecule has 432 valence electrons. The van der Waals surface area contributed by atoms with Crippen molar-refractivity contribution >= 4 is 40.9 Å². The first kappa shape index (κ1) is 66.0. The molecule has 2 amide bonds. The molecule has 3 aliphatic rings. The molecule has 80 heavy (non-hydrogen) atoms. The fraction of sp³-hybridized carbons (Fsp3) is 0.493. The fourth-order valence-electron chi connectivity index (χ4n) is 9.99. The maximum Gasteiger partial charge on any atom is 0.243 e. The molecule has 3 atom stereocenters. The van der Waals surface area contributed by atoms with Gasteiger partial charge in [-0.1, -0.05) is 163 Å². The molecule has 0 radical (unpaired) electrons. The molecule has 9 rings (SSSR count). The predicted octanol–water partition coefficient (Wildman–Crippen LogP) is 15.8. The van der Waals surface area contributed by atoms with Crippen molar-refractivity contribution in [3.05, 3.63) is 126 Å². The SMILES string of the molecule is CC(=O)CC(C)C.CC(C)=NOC(C)C.CC(C)C1Cc2ccccc2-c2c(ncn2C)-c2ccccc21.CC1Cc2ccccc2-c2c(nnn2C(C)C)-c2ccccc21.CCC(=O)C(C)C.CSC1CC(=O)N(C(C)C)C1=O. The van der Waals surface area contributed by atoms with E-state index in [4.69, 9.17) is 9.82 Å². The minimum atomic E-state index is -0.139. The standard InChI is InChI=1S/C21H22N2.C20H21N3.C8H13NO2S.C6H13NO.2C6H12O/c1-14(2)19-12-15-8-4-5-9-16(15)21-20(22-13-23(21)3)18-11-7-6-10-17(18)19;1-13(2)23-20-17-10-5-4-8-15(17)12-14(3)16-9-6-7-11-18(16)19(20)21-22-23;1-5(2)9-7(10)4-6(12-3)8(9)11;1-5(2)7-8-6(3)4;1-5(2)4-6(3)7;1-4-6(7)5(2)3/h4-11,13-14,19H,12H2,1-3H3;4-11,13-14H,12H2,1-3H3;5-6H,4H2,1-3H3;6H,1-4H3;2*5H,4H2,1-3H3. The molecule has 3 heterocycles. The lowest BCUT2D eigenvalue weighted by molar-refractivity contribution is -0.140. The van der Waals surface area contributed by atoms with Crippen LogP contribution in [0.2, 0.25) is 0 Å². The Kier molecular flexibility index (Phi) is 26.0. The van der Waals surface area contributed by atoms with Gasteiger partial charge in [0, 0.05) is 66.6 Å². The van der Waals surface area contributed by atoms with E-state index < -0.39 is 0 Å². The van der Waals surface area contributed by atoms with Gasteiger partial charge < -0.3 is 14.2 Å². The number of aromatic nitrogens is 5. The molecule has 1 saturated heterocycles. The van der Waals surface area contributed by atoms with Crippen LogP contribution in [0.25, 0.3) is 45.0 Å². The van der Waals surface area contributed by atoms with E-state index in [1.165, 1.54) is 66.9 Å². The molecule has 3 unspecified atom stereocenters. The van der Waals surface area contributed by atoms with Gasteiger partial charge in [-0.2, -0.15) is 11.8 Å². The number of hydrogen-bond acceptors (Lipinski definition) is 10. The van der Waals surface area contributed by atoms with Crippen molar-refractivity contribution in [1.29, 1.82) is 0 Å². The van der Waals surface area contributed by atoms with Crippen molar-refractivity contribution in [3.63, 3.8) is 0 Å².